The largest absolute Gasteiger partial charge is 0.340 e. The van der Waals surface area contributed by atoms with E-state index in [1.807, 2.05) is 11.8 Å². The van der Waals surface area contributed by atoms with Crippen molar-refractivity contribution in [2.75, 3.05) is 63.8 Å². The number of likely N-dealkylation sites (tertiary alicyclic amines) is 1. The van der Waals surface area contributed by atoms with Gasteiger partial charge in [0.2, 0.25) is 5.91 Å². The van der Waals surface area contributed by atoms with E-state index in [0.29, 0.717) is 6.42 Å². The van der Waals surface area contributed by atoms with Crippen LogP contribution in [-0.4, -0.2) is 79.5 Å². The van der Waals surface area contributed by atoms with Crippen molar-refractivity contribution < 1.29 is 4.79 Å². The van der Waals surface area contributed by atoms with Gasteiger partial charge >= 0.3 is 0 Å². The fourth-order valence-electron chi connectivity index (χ4n) is 4.90. The van der Waals surface area contributed by atoms with Crippen molar-refractivity contribution in [3.05, 3.63) is 48.5 Å². The Morgan fingerprint density at radius 1 is 0.710 bits per heavy atom. The predicted molar refractivity (Wildman–Crippen MR) is 127 cm³/mol. The van der Waals surface area contributed by atoms with Crippen LogP contribution in [0.25, 0.3) is 0 Å². The first-order valence-electron chi connectivity index (χ1n) is 11.6. The molecule has 31 heavy (non-hydrogen) atoms. The molecule has 5 rings (SSSR count). The third kappa shape index (κ3) is 4.76. The molecule has 2 aromatic rings. The van der Waals surface area contributed by atoms with Gasteiger partial charge in [0.25, 0.3) is 0 Å². The van der Waals surface area contributed by atoms with Crippen molar-refractivity contribution in [3.8, 4) is 0 Å². The Hall–Kier alpha value is -2.02. The third-order valence-corrected chi connectivity index (χ3v) is 7.87. The van der Waals surface area contributed by atoms with Crippen LogP contribution in [0.4, 0.5) is 11.4 Å². The average molecular weight is 437 g/mol. The van der Waals surface area contributed by atoms with Gasteiger partial charge in [0.05, 0.1) is 11.4 Å². The number of carbonyl (C=O) groups excluding carboxylic acids is 1. The van der Waals surface area contributed by atoms with Crippen molar-refractivity contribution in [2.45, 2.75) is 29.1 Å². The molecule has 0 N–H and O–H groups in total. The number of hydrogen-bond donors (Lipinski definition) is 0. The van der Waals surface area contributed by atoms with Gasteiger partial charge in [0.1, 0.15) is 0 Å². The highest BCUT2D eigenvalue weighted by Gasteiger charge is 2.26. The summed E-state index contributed by atoms with van der Waals surface area (Å²) in [5.41, 5.74) is 2.43. The molecule has 3 heterocycles. The van der Waals surface area contributed by atoms with Gasteiger partial charge in [-0.2, -0.15) is 0 Å². The van der Waals surface area contributed by atoms with E-state index in [-0.39, 0.29) is 5.91 Å². The molecule has 0 spiro atoms. The molecule has 3 aliphatic rings. The standard InChI is InChI=1S/C25H32N4OS/c30-25(28-19-17-27(18-20-28)16-15-26-12-5-6-13-26)11-14-29-21-7-1-3-9-23(21)31-24-10-4-2-8-22(24)29/h1-4,7-10H,5-6,11-20H2. The molecule has 164 valence electrons. The highest BCUT2D eigenvalue weighted by atomic mass is 32.2. The summed E-state index contributed by atoms with van der Waals surface area (Å²) >= 11 is 1.82. The smallest absolute Gasteiger partial charge is 0.224 e. The monoisotopic (exact) mass is 436 g/mol. The summed E-state index contributed by atoms with van der Waals surface area (Å²) < 4.78 is 0. The Morgan fingerprint density at radius 3 is 1.87 bits per heavy atom. The van der Waals surface area contributed by atoms with Gasteiger partial charge in [0.15, 0.2) is 0 Å². The topological polar surface area (TPSA) is 30.0 Å². The van der Waals surface area contributed by atoms with E-state index in [2.05, 4.69) is 68.1 Å². The molecule has 2 saturated heterocycles. The van der Waals surface area contributed by atoms with Gasteiger partial charge in [-0.25, -0.2) is 0 Å². The van der Waals surface area contributed by atoms with Crippen molar-refractivity contribution in [3.63, 3.8) is 0 Å². The van der Waals surface area contributed by atoms with Crippen LogP contribution < -0.4 is 4.90 Å². The van der Waals surface area contributed by atoms with Gasteiger partial charge in [-0.1, -0.05) is 36.0 Å². The quantitative estimate of drug-likeness (QED) is 0.685. The van der Waals surface area contributed by atoms with Crippen LogP contribution in [0.15, 0.2) is 58.3 Å². The first kappa shape index (κ1) is 20.9. The van der Waals surface area contributed by atoms with Gasteiger partial charge in [-0.3, -0.25) is 9.69 Å². The second-order valence-corrected chi connectivity index (χ2v) is 9.79. The summed E-state index contributed by atoms with van der Waals surface area (Å²) in [5.74, 6) is 0.285. The highest BCUT2D eigenvalue weighted by Crippen LogP contribution is 2.47. The lowest BCUT2D eigenvalue weighted by molar-refractivity contribution is -0.132. The number of para-hydroxylation sites is 2. The fraction of sp³-hybridized carbons (Fsp3) is 0.480. The molecule has 2 fully saturated rings. The third-order valence-electron chi connectivity index (χ3n) is 6.74. The molecule has 0 bridgehead atoms. The molecule has 0 saturated carbocycles. The summed E-state index contributed by atoms with van der Waals surface area (Å²) in [5, 5.41) is 0. The van der Waals surface area contributed by atoms with E-state index in [4.69, 9.17) is 0 Å². The molecule has 1 amide bonds. The lowest BCUT2D eigenvalue weighted by Gasteiger charge is -2.36. The summed E-state index contributed by atoms with van der Waals surface area (Å²) in [6.07, 6.45) is 3.26. The van der Waals surface area contributed by atoms with Crippen LogP contribution in [0.2, 0.25) is 0 Å². The minimum absolute atomic E-state index is 0.285. The SMILES string of the molecule is O=C(CCN1c2ccccc2Sc2ccccc21)N1CCN(CCN2CCCC2)CC1. The second-order valence-electron chi connectivity index (χ2n) is 8.71. The highest BCUT2D eigenvalue weighted by molar-refractivity contribution is 7.99. The number of carbonyl (C=O) groups is 1. The number of rotatable bonds is 6. The van der Waals surface area contributed by atoms with E-state index in [1.165, 1.54) is 53.6 Å². The molecule has 2 aromatic carbocycles. The van der Waals surface area contributed by atoms with Crippen molar-refractivity contribution in [2.24, 2.45) is 0 Å². The Balaban J connectivity index is 1.15. The Labute approximate surface area is 190 Å². The van der Waals surface area contributed by atoms with Crippen LogP contribution in [0.1, 0.15) is 19.3 Å². The molecular formula is C25H32N4OS. The van der Waals surface area contributed by atoms with E-state index in [1.54, 1.807) is 0 Å². The first-order chi connectivity index (χ1) is 15.3. The fourth-order valence-corrected chi connectivity index (χ4v) is 5.99. The van der Waals surface area contributed by atoms with Crippen LogP contribution in [-0.2, 0) is 4.79 Å². The molecule has 0 radical (unpaired) electrons. The number of fused-ring (bicyclic) bond motifs is 2. The number of benzene rings is 2. The van der Waals surface area contributed by atoms with Gasteiger partial charge in [0, 0.05) is 62.0 Å². The lowest BCUT2D eigenvalue weighted by Crippen LogP contribution is -2.50. The van der Waals surface area contributed by atoms with Crippen molar-refractivity contribution in [1.29, 1.82) is 0 Å². The molecule has 6 heteroatoms. The number of anilines is 2. The average Bonchev–Trinajstić information content (AvgIpc) is 3.34. The normalized spacial score (nSPS) is 19.4. The van der Waals surface area contributed by atoms with E-state index < -0.39 is 0 Å². The molecule has 0 aliphatic carbocycles. The van der Waals surface area contributed by atoms with Crippen molar-refractivity contribution in [1.82, 2.24) is 14.7 Å². The van der Waals surface area contributed by atoms with E-state index in [0.717, 1.165) is 39.3 Å². The van der Waals surface area contributed by atoms with Gasteiger partial charge in [-0.05, 0) is 50.2 Å². The number of amides is 1. The van der Waals surface area contributed by atoms with Crippen LogP contribution in [0, 0.1) is 0 Å². The van der Waals surface area contributed by atoms with Gasteiger partial charge < -0.3 is 14.7 Å². The van der Waals surface area contributed by atoms with Gasteiger partial charge in [-0.15, -0.1) is 0 Å². The van der Waals surface area contributed by atoms with Crippen LogP contribution in [0.3, 0.4) is 0 Å². The summed E-state index contributed by atoms with van der Waals surface area (Å²) in [7, 11) is 0. The van der Waals surface area contributed by atoms with Crippen molar-refractivity contribution >= 4 is 29.0 Å². The van der Waals surface area contributed by atoms with Crippen LogP contribution in [0.5, 0.6) is 0 Å². The summed E-state index contributed by atoms with van der Waals surface area (Å²) in [6.45, 7) is 9.31. The number of hydrogen-bond acceptors (Lipinski definition) is 5. The second kappa shape index (κ2) is 9.63. The molecular weight excluding hydrogens is 404 g/mol. The first-order valence-corrected chi connectivity index (χ1v) is 12.5. The van der Waals surface area contributed by atoms with E-state index in [9.17, 15) is 4.79 Å². The predicted octanol–water partition coefficient (Wildman–Crippen LogP) is 3.92. The minimum Gasteiger partial charge on any atom is -0.340 e. The zero-order valence-corrected chi connectivity index (χ0v) is 19.0. The summed E-state index contributed by atoms with van der Waals surface area (Å²) in [6, 6.07) is 17.0. The Bertz CT molecular complexity index is 860. The minimum atomic E-state index is 0.285. The Kier molecular flexibility index (Phi) is 6.48. The molecule has 0 unspecified atom stereocenters. The number of nitrogens with zero attached hydrogens (tertiary/aromatic N) is 4. The molecule has 5 nitrogen and oxygen atoms in total. The molecule has 3 aliphatic heterocycles. The maximum absolute atomic E-state index is 13.0. The van der Waals surface area contributed by atoms with Crippen LogP contribution >= 0.6 is 11.8 Å². The maximum atomic E-state index is 13.0. The number of piperazine rings is 1. The Morgan fingerprint density at radius 2 is 1.26 bits per heavy atom. The summed E-state index contributed by atoms with van der Waals surface area (Å²) in [4.78, 5) is 25.0. The molecule has 0 atom stereocenters. The zero-order chi connectivity index (χ0) is 21.0. The maximum Gasteiger partial charge on any atom is 0.224 e. The van der Waals surface area contributed by atoms with E-state index >= 15 is 0 Å². The lowest BCUT2D eigenvalue weighted by atomic mass is 10.2. The zero-order valence-electron chi connectivity index (χ0n) is 18.2. The molecule has 0 aromatic heterocycles.